The van der Waals surface area contributed by atoms with Gasteiger partial charge in [0.2, 0.25) is 5.91 Å². The topological polar surface area (TPSA) is 74.6 Å². The third-order valence-corrected chi connectivity index (χ3v) is 9.07. The second-order valence-electron chi connectivity index (χ2n) is 12.4. The summed E-state index contributed by atoms with van der Waals surface area (Å²) in [6.07, 6.45) is -16.4. The minimum atomic E-state index is -5.27. The Morgan fingerprint density at radius 2 is 1.58 bits per heavy atom. The monoisotopic (exact) mass is 825 g/mol. The highest BCUT2D eigenvalue weighted by atomic mass is 79.9. The molecule has 1 atom stereocenters. The Balaban J connectivity index is 1.62. The summed E-state index contributed by atoms with van der Waals surface area (Å²) in [5, 5.41) is 12.5. The van der Waals surface area contributed by atoms with Crippen molar-refractivity contribution in [2.45, 2.75) is 50.6 Å². The standard InChI is InChI=1S/C35H27BrF11N3O3/c1-17-3-2-4-27(51)29(17)19-7-21(30(38)26(10-19)35(45,46)47)13-48-32(53)31(20-8-22(33(39,40)41)11-23(36)9-20)50-14-18(5-6-49-15-24(37)16-49)25(12-28(50)52)34(42,43)44/h2-4,7-12,14,24,31,51H,5-6,13,15-16H2,1H3,(H,48,53). The first-order chi connectivity index (χ1) is 24.5. The van der Waals surface area contributed by atoms with Crippen LogP contribution >= 0.6 is 15.9 Å². The number of rotatable bonds is 9. The molecular formula is C35H27BrF11N3O3. The molecule has 0 saturated carbocycles. The zero-order chi connectivity index (χ0) is 39.2. The lowest BCUT2D eigenvalue weighted by Crippen LogP contribution is -2.49. The molecule has 1 saturated heterocycles. The molecule has 5 rings (SSSR count). The average Bonchev–Trinajstić information content (AvgIpc) is 3.01. The fourth-order valence-electron chi connectivity index (χ4n) is 6.07. The van der Waals surface area contributed by atoms with Crippen molar-refractivity contribution in [3.63, 3.8) is 0 Å². The number of benzene rings is 3. The van der Waals surface area contributed by atoms with Gasteiger partial charge in [0.05, 0.1) is 16.7 Å². The van der Waals surface area contributed by atoms with Crippen molar-refractivity contribution < 1.29 is 58.2 Å². The van der Waals surface area contributed by atoms with Gasteiger partial charge in [-0.15, -0.1) is 0 Å². The van der Waals surface area contributed by atoms with Gasteiger partial charge in [-0.05, 0) is 72.0 Å². The highest BCUT2D eigenvalue weighted by Crippen LogP contribution is 2.40. The molecule has 284 valence electrons. The van der Waals surface area contributed by atoms with Crippen molar-refractivity contribution in [2.75, 3.05) is 19.6 Å². The van der Waals surface area contributed by atoms with Crippen LogP contribution in [0, 0.1) is 12.7 Å². The molecule has 0 bridgehead atoms. The number of nitrogens with zero attached hydrogens (tertiary/aromatic N) is 2. The number of hydrogen-bond acceptors (Lipinski definition) is 4. The molecule has 1 aliphatic rings. The van der Waals surface area contributed by atoms with E-state index in [2.05, 4.69) is 21.2 Å². The van der Waals surface area contributed by atoms with E-state index in [0.29, 0.717) is 34.5 Å². The normalized spacial score (nSPS) is 15.0. The van der Waals surface area contributed by atoms with Gasteiger partial charge < -0.3 is 10.4 Å². The van der Waals surface area contributed by atoms with E-state index in [9.17, 15) is 58.6 Å². The van der Waals surface area contributed by atoms with Gasteiger partial charge >= 0.3 is 18.5 Å². The number of aromatic hydroxyl groups is 1. The fourth-order valence-corrected chi connectivity index (χ4v) is 6.58. The van der Waals surface area contributed by atoms with Crippen molar-refractivity contribution in [3.8, 4) is 16.9 Å². The second kappa shape index (κ2) is 14.8. The number of phenols is 1. The Kier molecular flexibility index (Phi) is 11.1. The number of halogens is 12. The maximum absolute atomic E-state index is 15.4. The molecule has 6 nitrogen and oxygen atoms in total. The Hall–Kier alpha value is -4.45. The smallest absolute Gasteiger partial charge is 0.419 e. The quantitative estimate of drug-likeness (QED) is 0.166. The van der Waals surface area contributed by atoms with Crippen LogP contribution in [0.15, 0.2) is 70.1 Å². The van der Waals surface area contributed by atoms with Gasteiger partial charge in [-0.25, -0.2) is 8.78 Å². The number of carbonyl (C=O) groups is 1. The number of carbonyl (C=O) groups excluding carboxylic acids is 1. The van der Waals surface area contributed by atoms with Crippen molar-refractivity contribution in [2.24, 2.45) is 0 Å². The molecule has 4 aromatic rings. The summed E-state index contributed by atoms with van der Waals surface area (Å²) in [5.41, 5.74) is -8.01. The highest BCUT2D eigenvalue weighted by Gasteiger charge is 2.39. The first-order valence-corrected chi connectivity index (χ1v) is 16.4. The molecule has 1 amide bonds. The lowest BCUT2D eigenvalue weighted by Gasteiger charge is -2.34. The van der Waals surface area contributed by atoms with Crippen LogP contribution in [0.1, 0.15) is 45.0 Å². The lowest BCUT2D eigenvalue weighted by atomic mass is 9.94. The number of hydrogen-bond donors (Lipinski definition) is 2. The van der Waals surface area contributed by atoms with Crippen LogP contribution in [0.4, 0.5) is 48.3 Å². The molecule has 0 spiro atoms. The first-order valence-electron chi connectivity index (χ1n) is 15.6. The molecule has 0 aliphatic carbocycles. The van der Waals surface area contributed by atoms with E-state index in [1.807, 2.05) is 0 Å². The molecule has 1 fully saturated rings. The van der Waals surface area contributed by atoms with Gasteiger partial charge in [0.25, 0.3) is 5.56 Å². The molecule has 18 heteroatoms. The van der Waals surface area contributed by atoms with Gasteiger partial charge in [-0.1, -0.05) is 28.1 Å². The van der Waals surface area contributed by atoms with Gasteiger partial charge in [0.1, 0.15) is 23.8 Å². The largest absolute Gasteiger partial charge is 0.507 e. The van der Waals surface area contributed by atoms with Crippen LogP contribution in [0.25, 0.3) is 11.1 Å². The van der Waals surface area contributed by atoms with Crippen molar-refractivity contribution >= 4 is 21.8 Å². The van der Waals surface area contributed by atoms with Gasteiger partial charge in [-0.3, -0.25) is 19.1 Å². The van der Waals surface area contributed by atoms with E-state index in [0.717, 1.165) is 12.1 Å². The average molecular weight is 827 g/mol. The molecule has 0 radical (unpaired) electrons. The third kappa shape index (κ3) is 8.86. The number of alkyl halides is 10. The van der Waals surface area contributed by atoms with Crippen molar-refractivity contribution in [1.82, 2.24) is 14.8 Å². The molecule has 1 unspecified atom stereocenters. The SMILES string of the molecule is Cc1cccc(O)c1-c1cc(CNC(=O)C(c2cc(Br)cc(C(F)(F)F)c2)n2cc(CCN3CC(F)C3)c(C(F)(F)F)cc2=O)c(F)c(C(F)(F)F)c1. The van der Waals surface area contributed by atoms with E-state index in [1.165, 1.54) is 30.0 Å². The van der Waals surface area contributed by atoms with E-state index >= 15 is 4.39 Å². The van der Waals surface area contributed by atoms with Crippen LogP contribution in [0.3, 0.4) is 0 Å². The number of nitrogens with one attached hydrogen (secondary N) is 1. The van der Waals surface area contributed by atoms with Crippen molar-refractivity contribution in [3.05, 3.63) is 120 Å². The molecule has 1 aromatic heterocycles. The Morgan fingerprint density at radius 3 is 2.17 bits per heavy atom. The minimum Gasteiger partial charge on any atom is -0.507 e. The van der Waals surface area contributed by atoms with E-state index in [1.54, 1.807) is 0 Å². The zero-order valence-corrected chi connectivity index (χ0v) is 28.7. The zero-order valence-electron chi connectivity index (χ0n) is 27.2. The summed E-state index contributed by atoms with van der Waals surface area (Å²) in [6.45, 7) is 0.166. The summed E-state index contributed by atoms with van der Waals surface area (Å²) in [6, 6.07) is 5.46. The highest BCUT2D eigenvalue weighted by molar-refractivity contribution is 9.10. The van der Waals surface area contributed by atoms with Crippen LogP contribution < -0.4 is 10.9 Å². The minimum absolute atomic E-state index is 0.0679. The molecule has 3 aromatic carbocycles. The predicted octanol–water partition coefficient (Wildman–Crippen LogP) is 8.59. The summed E-state index contributed by atoms with van der Waals surface area (Å²) in [5.74, 6) is -3.68. The summed E-state index contributed by atoms with van der Waals surface area (Å²) < 4.78 is 155. The first kappa shape index (κ1) is 39.8. The third-order valence-electron chi connectivity index (χ3n) is 8.61. The second-order valence-corrected chi connectivity index (χ2v) is 13.3. The van der Waals surface area contributed by atoms with E-state index < -0.39 is 100 Å². The van der Waals surface area contributed by atoms with Crippen LogP contribution in [-0.2, 0) is 36.3 Å². The van der Waals surface area contributed by atoms with Crippen LogP contribution in [-0.4, -0.2) is 46.3 Å². The number of phenolic OH excluding ortho intramolecular Hbond substituents is 1. The number of amides is 1. The van der Waals surface area contributed by atoms with Gasteiger partial charge in [0, 0.05) is 54.0 Å². The number of pyridine rings is 1. The summed E-state index contributed by atoms with van der Waals surface area (Å²) in [7, 11) is 0. The van der Waals surface area contributed by atoms with Crippen LogP contribution in [0.2, 0.25) is 0 Å². The molecule has 2 N–H and O–H groups in total. The summed E-state index contributed by atoms with van der Waals surface area (Å²) in [4.78, 5) is 28.7. The predicted molar refractivity (Wildman–Crippen MR) is 173 cm³/mol. The van der Waals surface area contributed by atoms with E-state index in [-0.39, 0.29) is 41.3 Å². The van der Waals surface area contributed by atoms with Gasteiger partial charge in [-0.2, -0.15) is 39.5 Å². The Labute approximate surface area is 302 Å². The Morgan fingerprint density at radius 1 is 0.925 bits per heavy atom. The molecule has 1 aliphatic heterocycles. The molecule has 2 heterocycles. The summed E-state index contributed by atoms with van der Waals surface area (Å²) >= 11 is 2.90. The number of likely N-dealkylation sites (tertiary alicyclic amines) is 1. The van der Waals surface area contributed by atoms with E-state index in [4.69, 9.17) is 0 Å². The molecular weight excluding hydrogens is 799 g/mol. The molecule has 53 heavy (non-hydrogen) atoms. The lowest BCUT2D eigenvalue weighted by molar-refractivity contribution is -0.140. The maximum Gasteiger partial charge on any atom is 0.419 e. The van der Waals surface area contributed by atoms with Crippen molar-refractivity contribution in [1.29, 1.82) is 0 Å². The maximum atomic E-state index is 15.4. The number of aryl methyl sites for hydroxylation is 1. The fraction of sp³-hybridized carbons (Fsp3) is 0.314. The van der Waals surface area contributed by atoms with Gasteiger partial charge in [0.15, 0.2) is 0 Å². The Bertz CT molecular complexity index is 2070. The van der Waals surface area contributed by atoms with Crippen LogP contribution in [0.5, 0.6) is 5.75 Å². The number of aromatic nitrogens is 1.